The van der Waals surface area contributed by atoms with Gasteiger partial charge >= 0.3 is 5.69 Å². The molecule has 0 saturated carbocycles. The van der Waals surface area contributed by atoms with E-state index in [9.17, 15) is 14.4 Å². The number of benzene rings is 2. The van der Waals surface area contributed by atoms with E-state index in [1.807, 2.05) is 60.0 Å². The zero-order valence-electron chi connectivity index (χ0n) is 21.5. The number of carbonyl (C=O) groups is 2. The average Bonchev–Trinajstić information content (AvgIpc) is 3.37. The molecule has 1 saturated heterocycles. The fraction of sp³-hybridized carbons (Fsp3) is 0.393. The van der Waals surface area contributed by atoms with Gasteiger partial charge in [-0.1, -0.05) is 30.3 Å². The monoisotopic (exact) mass is 502 g/mol. The number of rotatable bonds is 6. The van der Waals surface area contributed by atoms with Crippen molar-refractivity contribution in [1.82, 2.24) is 24.8 Å². The second-order valence-electron chi connectivity index (χ2n) is 10.6. The number of amides is 2. The molecular weight excluding hydrogens is 468 g/mol. The minimum absolute atomic E-state index is 0.000391. The van der Waals surface area contributed by atoms with Gasteiger partial charge in [0.1, 0.15) is 6.04 Å². The van der Waals surface area contributed by atoms with E-state index < -0.39 is 11.6 Å². The molecule has 2 aromatic heterocycles. The number of piperidine rings is 1. The molecule has 0 bridgehead atoms. The standard InChI is InChI=1S/C28H34N6O3/c1-17-20(19-8-4-5-9-21(19)30-17)16-23(31-26(36)28(2,3)29)25(35)33-14-12-18(13-15-33)34-24-11-7-6-10-22(24)32-27(34)37/h4-11,18,23,30H,12-16,29H2,1-3H3,(H,31,36)(H,32,37). The number of aryl methyl sites for hydroxylation is 1. The number of likely N-dealkylation sites (tertiary alicyclic amines) is 1. The Morgan fingerprint density at radius 1 is 1.05 bits per heavy atom. The summed E-state index contributed by atoms with van der Waals surface area (Å²) >= 11 is 0. The third kappa shape index (κ3) is 4.79. The van der Waals surface area contributed by atoms with Gasteiger partial charge in [-0.15, -0.1) is 0 Å². The number of nitrogens with two attached hydrogens (primary N) is 1. The molecular formula is C28H34N6O3. The highest BCUT2D eigenvalue weighted by molar-refractivity contribution is 5.93. The largest absolute Gasteiger partial charge is 0.358 e. The van der Waals surface area contributed by atoms with E-state index in [0.717, 1.165) is 33.2 Å². The molecule has 2 amide bonds. The molecule has 1 unspecified atom stereocenters. The molecule has 1 atom stereocenters. The van der Waals surface area contributed by atoms with Crippen molar-refractivity contribution in [3.8, 4) is 0 Å². The molecule has 0 radical (unpaired) electrons. The van der Waals surface area contributed by atoms with Crippen LogP contribution in [0.2, 0.25) is 0 Å². The summed E-state index contributed by atoms with van der Waals surface area (Å²) in [6.07, 6.45) is 1.67. The normalized spacial score (nSPS) is 15.8. The summed E-state index contributed by atoms with van der Waals surface area (Å²) in [4.78, 5) is 47.4. The molecule has 0 aliphatic carbocycles. The lowest BCUT2D eigenvalue weighted by Gasteiger charge is -2.35. The van der Waals surface area contributed by atoms with Crippen molar-refractivity contribution in [3.63, 3.8) is 0 Å². The molecule has 3 heterocycles. The number of imidazole rings is 1. The molecule has 1 aliphatic rings. The molecule has 9 nitrogen and oxygen atoms in total. The molecule has 4 aromatic rings. The van der Waals surface area contributed by atoms with Crippen LogP contribution in [0.3, 0.4) is 0 Å². The Kier molecular flexibility index (Phi) is 6.41. The van der Waals surface area contributed by atoms with E-state index >= 15 is 0 Å². The van der Waals surface area contributed by atoms with Gasteiger partial charge < -0.3 is 25.9 Å². The first-order valence-corrected chi connectivity index (χ1v) is 12.8. The van der Waals surface area contributed by atoms with E-state index in [-0.39, 0.29) is 23.5 Å². The predicted molar refractivity (Wildman–Crippen MR) is 144 cm³/mol. The maximum absolute atomic E-state index is 13.8. The third-order valence-electron chi connectivity index (χ3n) is 7.39. The quantitative estimate of drug-likeness (QED) is 0.323. The van der Waals surface area contributed by atoms with Gasteiger partial charge in [-0.25, -0.2) is 4.79 Å². The van der Waals surface area contributed by atoms with E-state index in [1.165, 1.54) is 0 Å². The first kappa shape index (κ1) is 24.8. The first-order valence-electron chi connectivity index (χ1n) is 12.8. The van der Waals surface area contributed by atoms with E-state index in [0.29, 0.717) is 32.4 Å². The average molecular weight is 503 g/mol. The summed E-state index contributed by atoms with van der Waals surface area (Å²) in [5.41, 5.74) is 9.47. The highest BCUT2D eigenvalue weighted by Crippen LogP contribution is 2.27. The Bertz CT molecular complexity index is 1510. The molecule has 37 heavy (non-hydrogen) atoms. The summed E-state index contributed by atoms with van der Waals surface area (Å²) in [7, 11) is 0. The number of hydrogen-bond donors (Lipinski definition) is 4. The van der Waals surface area contributed by atoms with Gasteiger partial charge in [-0.05, 0) is 57.4 Å². The summed E-state index contributed by atoms with van der Waals surface area (Å²) in [6, 6.07) is 14.9. The van der Waals surface area contributed by atoms with Gasteiger partial charge in [-0.3, -0.25) is 14.2 Å². The maximum Gasteiger partial charge on any atom is 0.326 e. The van der Waals surface area contributed by atoms with Gasteiger partial charge in [0.2, 0.25) is 11.8 Å². The highest BCUT2D eigenvalue weighted by atomic mass is 16.2. The lowest BCUT2D eigenvalue weighted by Crippen LogP contribution is -2.57. The van der Waals surface area contributed by atoms with Crippen molar-refractivity contribution in [2.24, 2.45) is 5.73 Å². The van der Waals surface area contributed by atoms with E-state index in [4.69, 9.17) is 5.73 Å². The van der Waals surface area contributed by atoms with Gasteiger partial charge in [0, 0.05) is 42.1 Å². The molecule has 1 fully saturated rings. The molecule has 5 N–H and O–H groups in total. The third-order valence-corrected chi connectivity index (χ3v) is 7.39. The number of H-pyrrole nitrogens is 2. The Morgan fingerprint density at radius 3 is 2.41 bits per heavy atom. The van der Waals surface area contributed by atoms with Crippen LogP contribution in [-0.4, -0.2) is 55.9 Å². The van der Waals surface area contributed by atoms with Crippen molar-refractivity contribution in [3.05, 3.63) is 70.3 Å². The second kappa shape index (κ2) is 9.55. The molecule has 5 rings (SSSR count). The summed E-state index contributed by atoms with van der Waals surface area (Å²) in [6.45, 7) is 6.24. The van der Waals surface area contributed by atoms with Crippen LogP contribution in [0.4, 0.5) is 0 Å². The highest BCUT2D eigenvalue weighted by Gasteiger charge is 2.34. The number of carbonyl (C=O) groups excluding carboxylic acids is 2. The smallest absolute Gasteiger partial charge is 0.326 e. The number of nitrogens with one attached hydrogen (secondary N) is 3. The number of aromatic amines is 2. The van der Waals surface area contributed by atoms with Crippen LogP contribution in [0.15, 0.2) is 53.3 Å². The lowest BCUT2D eigenvalue weighted by molar-refractivity contribution is -0.138. The minimum atomic E-state index is -1.11. The number of nitrogens with zero attached hydrogens (tertiary/aromatic N) is 2. The van der Waals surface area contributed by atoms with Crippen LogP contribution in [0.5, 0.6) is 0 Å². The fourth-order valence-corrected chi connectivity index (χ4v) is 5.35. The summed E-state index contributed by atoms with van der Waals surface area (Å²) < 4.78 is 1.81. The SMILES string of the molecule is Cc1[nH]c2ccccc2c1CC(NC(=O)C(C)(C)N)C(=O)N1CCC(n2c(=O)[nH]c3ccccc32)CC1. The number of hydrogen-bond acceptors (Lipinski definition) is 4. The zero-order valence-corrected chi connectivity index (χ0v) is 21.5. The Morgan fingerprint density at radius 2 is 1.70 bits per heavy atom. The lowest BCUT2D eigenvalue weighted by atomic mass is 9.98. The predicted octanol–water partition coefficient (Wildman–Crippen LogP) is 2.75. The number of fused-ring (bicyclic) bond motifs is 2. The number of aromatic nitrogens is 3. The van der Waals surface area contributed by atoms with Crippen LogP contribution < -0.4 is 16.7 Å². The van der Waals surface area contributed by atoms with Crippen molar-refractivity contribution < 1.29 is 9.59 Å². The zero-order chi connectivity index (χ0) is 26.3. The van der Waals surface area contributed by atoms with Crippen LogP contribution in [-0.2, 0) is 16.0 Å². The van der Waals surface area contributed by atoms with Crippen molar-refractivity contribution in [1.29, 1.82) is 0 Å². The van der Waals surface area contributed by atoms with Crippen molar-refractivity contribution in [2.45, 2.75) is 57.7 Å². The first-order chi connectivity index (χ1) is 17.6. The van der Waals surface area contributed by atoms with Crippen molar-refractivity contribution in [2.75, 3.05) is 13.1 Å². The second-order valence-corrected chi connectivity index (χ2v) is 10.6. The van der Waals surface area contributed by atoms with Gasteiger partial charge in [-0.2, -0.15) is 0 Å². The van der Waals surface area contributed by atoms with Gasteiger partial charge in [0.15, 0.2) is 0 Å². The molecule has 194 valence electrons. The number of para-hydroxylation sites is 3. The molecule has 9 heteroatoms. The Hall–Kier alpha value is -3.85. The minimum Gasteiger partial charge on any atom is -0.358 e. The fourth-order valence-electron chi connectivity index (χ4n) is 5.35. The molecule has 2 aromatic carbocycles. The Labute approximate surface area is 215 Å². The topological polar surface area (TPSA) is 129 Å². The van der Waals surface area contributed by atoms with Crippen LogP contribution in [0.1, 0.15) is 44.0 Å². The Balaban J connectivity index is 1.37. The van der Waals surface area contributed by atoms with Crippen LogP contribution in [0, 0.1) is 6.92 Å². The van der Waals surface area contributed by atoms with Crippen LogP contribution in [0.25, 0.3) is 21.9 Å². The van der Waals surface area contributed by atoms with Crippen LogP contribution >= 0.6 is 0 Å². The van der Waals surface area contributed by atoms with E-state index in [1.54, 1.807) is 18.7 Å². The molecule has 0 spiro atoms. The van der Waals surface area contributed by atoms with E-state index in [2.05, 4.69) is 15.3 Å². The van der Waals surface area contributed by atoms with Gasteiger partial charge in [0.05, 0.1) is 16.6 Å². The summed E-state index contributed by atoms with van der Waals surface area (Å²) in [5, 5.41) is 3.97. The maximum atomic E-state index is 13.8. The molecule has 1 aliphatic heterocycles. The summed E-state index contributed by atoms with van der Waals surface area (Å²) in [5.74, 6) is -0.504. The van der Waals surface area contributed by atoms with Gasteiger partial charge in [0.25, 0.3) is 0 Å². The van der Waals surface area contributed by atoms with Crippen molar-refractivity contribution >= 4 is 33.8 Å².